The Bertz CT molecular complexity index is 302. The number of aromatic nitrogens is 1. The summed E-state index contributed by atoms with van der Waals surface area (Å²) in [6.07, 6.45) is 6.60. The third-order valence-corrected chi connectivity index (χ3v) is 2.41. The summed E-state index contributed by atoms with van der Waals surface area (Å²) < 4.78 is 0. The molecule has 0 spiro atoms. The molecule has 2 rings (SSSR count). The standard InChI is InChI=1S/C7H9NO.C4H9N.2C2H6.H2/c1-2-6-3-4-7(9)8-5-6;5-4-2-1-3-4;2*1-2;/h3-5H,2H2,1H3,(H,8,9);4H,1-3,5H2;2*1-2H3;1H. The van der Waals surface area contributed by atoms with E-state index in [4.69, 9.17) is 5.73 Å². The van der Waals surface area contributed by atoms with E-state index in [0.717, 1.165) is 12.0 Å². The third kappa shape index (κ3) is 10.1. The van der Waals surface area contributed by atoms with Crippen LogP contribution in [0.5, 0.6) is 0 Å². The lowest BCUT2D eigenvalue weighted by Crippen LogP contribution is -2.27. The molecular weight excluding hydrogens is 224 g/mol. The van der Waals surface area contributed by atoms with Crippen LogP contribution in [-0.4, -0.2) is 11.0 Å². The Morgan fingerprint density at radius 3 is 2.00 bits per heavy atom. The van der Waals surface area contributed by atoms with E-state index in [1.165, 1.54) is 19.3 Å². The Morgan fingerprint density at radius 2 is 1.78 bits per heavy atom. The van der Waals surface area contributed by atoms with Gasteiger partial charge in [0.15, 0.2) is 0 Å². The van der Waals surface area contributed by atoms with Crippen molar-refractivity contribution in [3.63, 3.8) is 0 Å². The number of aromatic amines is 1. The van der Waals surface area contributed by atoms with Crippen molar-refractivity contribution in [2.24, 2.45) is 5.73 Å². The first-order valence-corrected chi connectivity index (χ1v) is 7.15. The molecule has 0 radical (unpaired) electrons. The van der Waals surface area contributed by atoms with E-state index in [9.17, 15) is 4.79 Å². The Labute approximate surface area is 113 Å². The molecule has 1 saturated carbocycles. The minimum atomic E-state index is -0.0350. The normalized spacial score (nSPS) is 12.6. The summed E-state index contributed by atoms with van der Waals surface area (Å²) >= 11 is 0. The minimum absolute atomic E-state index is 0. The van der Waals surface area contributed by atoms with Crippen LogP contribution in [0, 0.1) is 0 Å². The molecule has 1 heterocycles. The number of pyridine rings is 1. The first-order valence-electron chi connectivity index (χ1n) is 7.15. The minimum Gasteiger partial charge on any atom is -0.329 e. The lowest BCUT2D eigenvalue weighted by Gasteiger charge is -2.18. The lowest BCUT2D eigenvalue weighted by molar-refractivity contribution is 0.418. The van der Waals surface area contributed by atoms with Crippen LogP contribution in [0.15, 0.2) is 23.1 Å². The van der Waals surface area contributed by atoms with Crippen molar-refractivity contribution >= 4 is 0 Å². The van der Waals surface area contributed by atoms with Crippen molar-refractivity contribution in [3.05, 3.63) is 34.2 Å². The first-order chi connectivity index (χ1) is 8.72. The fourth-order valence-corrected chi connectivity index (χ4v) is 1.10. The highest BCUT2D eigenvalue weighted by atomic mass is 16.1. The van der Waals surface area contributed by atoms with Gasteiger partial charge >= 0.3 is 0 Å². The molecule has 0 bridgehead atoms. The zero-order valence-electron chi connectivity index (χ0n) is 12.6. The highest BCUT2D eigenvalue weighted by Gasteiger charge is 2.09. The van der Waals surface area contributed by atoms with E-state index in [2.05, 4.69) is 4.98 Å². The van der Waals surface area contributed by atoms with E-state index >= 15 is 0 Å². The number of nitrogens with one attached hydrogen (secondary N) is 1. The van der Waals surface area contributed by atoms with Gasteiger partial charge in [0, 0.05) is 19.7 Å². The summed E-state index contributed by atoms with van der Waals surface area (Å²) in [6, 6.07) is 3.94. The molecule has 1 aromatic rings. The van der Waals surface area contributed by atoms with Gasteiger partial charge in [-0.3, -0.25) is 4.79 Å². The molecule has 1 aliphatic rings. The van der Waals surface area contributed by atoms with Crippen molar-refractivity contribution < 1.29 is 1.43 Å². The molecule has 3 heteroatoms. The summed E-state index contributed by atoms with van der Waals surface area (Å²) in [6.45, 7) is 10.0. The van der Waals surface area contributed by atoms with Gasteiger partial charge in [-0.05, 0) is 24.8 Å². The summed E-state index contributed by atoms with van der Waals surface area (Å²) in [5.74, 6) is 0. The zero-order valence-corrected chi connectivity index (χ0v) is 12.6. The van der Waals surface area contributed by atoms with Crippen molar-refractivity contribution in [3.8, 4) is 0 Å². The van der Waals surface area contributed by atoms with Crippen LogP contribution in [-0.2, 0) is 6.42 Å². The van der Waals surface area contributed by atoms with Crippen LogP contribution < -0.4 is 11.3 Å². The van der Waals surface area contributed by atoms with E-state index in [1.807, 2.05) is 40.7 Å². The second-order valence-electron chi connectivity index (χ2n) is 3.61. The SMILES string of the molecule is CC.CC.CCc1ccc(=O)[nH]c1.NC1CCC1.[HH]. The van der Waals surface area contributed by atoms with Crippen LogP contribution >= 0.6 is 0 Å². The molecule has 0 atom stereocenters. The maximum Gasteiger partial charge on any atom is 0.247 e. The monoisotopic (exact) mass is 256 g/mol. The van der Waals surface area contributed by atoms with Gasteiger partial charge in [0.05, 0.1) is 0 Å². The third-order valence-electron chi connectivity index (χ3n) is 2.41. The fraction of sp³-hybridized carbons (Fsp3) is 0.667. The summed E-state index contributed by atoms with van der Waals surface area (Å²) in [5, 5.41) is 0. The number of H-pyrrole nitrogens is 1. The second kappa shape index (κ2) is 14.0. The number of hydrogen-bond acceptors (Lipinski definition) is 2. The van der Waals surface area contributed by atoms with Crippen molar-refractivity contribution in [2.45, 2.75) is 66.3 Å². The number of hydrogen-bond donors (Lipinski definition) is 2. The summed E-state index contributed by atoms with van der Waals surface area (Å²) in [5.41, 5.74) is 6.51. The average Bonchev–Trinajstić information content (AvgIpc) is 2.42. The van der Waals surface area contributed by atoms with Crippen LogP contribution in [0.2, 0.25) is 0 Å². The first kappa shape index (κ1) is 19.3. The number of aryl methyl sites for hydroxylation is 1. The van der Waals surface area contributed by atoms with E-state index in [1.54, 1.807) is 12.3 Å². The Kier molecular flexibility index (Phi) is 14.9. The molecule has 0 amide bonds. The maximum absolute atomic E-state index is 10.5. The topological polar surface area (TPSA) is 58.9 Å². The van der Waals surface area contributed by atoms with Crippen molar-refractivity contribution in [1.29, 1.82) is 0 Å². The van der Waals surface area contributed by atoms with E-state index < -0.39 is 0 Å². The lowest BCUT2D eigenvalue weighted by atomic mass is 9.95. The Balaban J connectivity index is -0.000000220. The molecule has 0 unspecified atom stereocenters. The van der Waals surface area contributed by atoms with Crippen LogP contribution in [0.25, 0.3) is 0 Å². The molecular formula is C15H32N2O. The van der Waals surface area contributed by atoms with E-state index in [-0.39, 0.29) is 6.99 Å². The molecule has 108 valence electrons. The molecule has 3 N–H and O–H groups in total. The Morgan fingerprint density at radius 1 is 1.28 bits per heavy atom. The fourth-order valence-electron chi connectivity index (χ4n) is 1.10. The van der Waals surface area contributed by atoms with Gasteiger partial charge in [0.1, 0.15) is 0 Å². The van der Waals surface area contributed by atoms with Gasteiger partial charge in [0.25, 0.3) is 0 Å². The highest BCUT2D eigenvalue weighted by Crippen LogP contribution is 2.14. The van der Waals surface area contributed by atoms with Gasteiger partial charge in [-0.1, -0.05) is 47.1 Å². The number of rotatable bonds is 1. The molecule has 0 saturated heterocycles. The van der Waals surface area contributed by atoms with E-state index in [0.29, 0.717) is 6.04 Å². The van der Waals surface area contributed by atoms with Crippen molar-refractivity contribution in [1.82, 2.24) is 4.98 Å². The second-order valence-corrected chi connectivity index (χ2v) is 3.61. The van der Waals surface area contributed by atoms with Crippen LogP contribution in [0.4, 0.5) is 0 Å². The number of nitrogens with two attached hydrogens (primary N) is 1. The van der Waals surface area contributed by atoms with Gasteiger partial charge in [-0.2, -0.15) is 0 Å². The zero-order chi connectivity index (χ0) is 14.4. The Hall–Kier alpha value is -1.09. The highest BCUT2D eigenvalue weighted by molar-refractivity contribution is 5.07. The van der Waals surface area contributed by atoms with Crippen LogP contribution in [0.1, 0.15) is 60.9 Å². The molecule has 0 aromatic carbocycles. The maximum atomic E-state index is 10.5. The van der Waals surface area contributed by atoms with Gasteiger partial charge in [-0.15, -0.1) is 0 Å². The molecule has 1 aliphatic carbocycles. The van der Waals surface area contributed by atoms with Gasteiger partial charge in [-0.25, -0.2) is 0 Å². The average molecular weight is 256 g/mol. The van der Waals surface area contributed by atoms with Crippen LogP contribution in [0.3, 0.4) is 0 Å². The van der Waals surface area contributed by atoms with Gasteiger partial charge in [0.2, 0.25) is 5.56 Å². The molecule has 0 aliphatic heterocycles. The molecule has 1 aromatic heterocycles. The molecule has 3 nitrogen and oxygen atoms in total. The predicted molar refractivity (Wildman–Crippen MR) is 83.1 cm³/mol. The largest absolute Gasteiger partial charge is 0.329 e. The summed E-state index contributed by atoms with van der Waals surface area (Å²) in [4.78, 5) is 13.1. The quantitative estimate of drug-likeness (QED) is 0.804. The summed E-state index contributed by atoms with van der Waals surface area (Å²) in [7, 11) is 0. The molecule has 18 heavy (non-hydrogen) atoms. The smallest absolute Gasteiger partial charge is 0.247 e. The van der Waals surface area contributed by atoms with Gasteiger partial charge < -0.3 is 10.7 Å². The predicted octanol–water partition coefficient (Wildman–Crippen LogP) is 3.73. The molecule has 1 fully saturated rings. The van der Waals surface area contributed by atoms with Crippen molar-refractivity contribution in [2.75, 3.05) is 0 Å².